The van der Waals surface area contributed by atoms with Gasteiger partial charge in [-0.2, -0.15) is 0 Å². The molecule has 3 aromatic rings. The first kappa shape index (κ1) is 19.0. The first-order valence-corrected chi connectivity index (χ1v) is 9.84. The van der Waals surface area contributed by atoms with Crippen LogP contribution in [0.25, 0.3) is 10.9 Å². The van der Waals surface area contributed by atoms with E-state index in [9.17, 15) is 4.79 Å². The molecule has 3 nitrogen and oxygen atoms in total. The Morgan fingerprint density at radius 3 is 2.58 bits per heavy atom. The zero-order valence-corrected chi connectivity index (χ0v) is 17.0. The quantitative estimate of drug-likeness (QED) is 0.526. The molecule has 0 spiro atoms. The average molecular weight is 405 g/mol. The molecular formula is C20H18Cl2N2OS. The molecule has 0 aliphatic carbocycles. The number of benzene rings is 2. The number of aromatic nitrogens is 1. The van der Waals surface area contributed by atoms with Crippen molar-refractivity contribution in [1.82, 2.24) is 4.98 Å². The predicted octanol–water partition coefficient (Wildman–Crippen LogP) is 6.20. The maximum Gasteiger partial charge on any atom is 0.234 e. The Morgan fingerprint density at radius 1 is 1.08 bits per heavy atom. The van der Waals surface area contributed by atoms with Gasteiger partial charge in [-0.1, -0.05) is 46.6 Å². The van der Waals surface area contributed by atoms with Gasteiger partial charge >= 0.3 is 0 Å². The molecule has 1 aromatic heterocycles. The monoisotopic (exact) mass is 404 g/mol. The van der Waals surface area contributed by atoms with Crippen molar-refractivity contribution in [3.05, 3.63) is 63.1 Å². The summed E-state index contributed by atoms with van der Waals surface area (Å²) in [5, 5.41) is 5.74. The minimum Gasteiger partial charge on any atom is -0.324 e. The highest BCUT2D eigenvalue weighted by Gasteiger charge is 2.10. The van der Waals surface area contributed by atoms with E-state index in [4.69, 9.17) is 28.2 Å². The molecule has 1 amide bonds. The van der Waals surface area contributed by atoms with Gasteiger partial charge in [-0.3, -0.25) is 4.79 Å². The largest absolute Gasteiger partial charge is 0.324 e. The first-order chi connectivity index (χ1) is 12.3. The van der Waals surface area contributed by atoms with Gasteiger partial charge in [-0.15, -0.1) is 0 Å². The van der Waals surface area contributed by atoms with Crippen LogP contribution in [-0.4, -0.2) is 16.6 Å². The minimum absolute atomic E-state index is 0.139. The molecule has 0 bridgehead atoms. The number of nitrogens with one attached hydrogen (secondary N) is 1. The normalized spacial score (nSPS) is 11.0. The number of carbonyl (C=O) groups excluding carboxylic acids is 1. The van der Waals surface area contributed by atoms with E-state index < -0.39 is 0 Å². The van der Waals surface area contributed by atoms with E-state index in [0.717, 1.165) is 27.1 Å². The summed E-state index contributed by atoms with van der Waals surface area (Å²) < 4.78 is 0. The van der Waals surface area contributed by atoms with Crippen LogP contribution in [0.1, 0.15) is 16.7 Å². The molecule has 6 heteroatoms. The Kier molecular flexibility index (Phi) is 5.76. The molecule has 0 aliphatic rings. The van der Waals surface area contributed by atoms with Crippen LogP contribution in [0, 0.1) is 20.8 Å². The minimum atomic E-state index is -0.139. The predicted molar refractivity (Wildman–Crippen MR) is 112 cm³/mol. The Balaban J connectivity index is 1.74. The molecule has 0 radical (unpaired) electrons. The summed E-state index contributed by atoms with van der Waals surface area (Å²) >= 11 is 13.4. The molecule has 1 heterocycles. The number of pyridine rings is 1. The zero-order chi connectivity index (χ0) is 18.8. The summed E-state index contributed by atoms with van der Waals surface area (Å²) in [4.78, 5) is 17.0. The molecule has 0 aliphatic heterocycles. The molecule has 2 aromatic carbocycles. The smallest absolute Gasteiger partial charge is 0.234 e. The highest BCUT2D eigenvalue weighted by molar-refractivity contribution is 7.99. The molecular weight excluding hydrogens is 387 g/mol. The van der Waals surface area contributed by atoms with Crippen LogP contribution >= 0.6 is 35.0 Å². The van der Waals surface area contributed by atoms with Gasteiger partial charge in [0.1, 0.15) is 0 Å². The van der Waals surface area contributed by atoms with E-state index in [1.54, 1.807) is 18.2 Å². The van der Waals surface area contributed by atoms with Gasteiger partial charge in [0, 0.05) is 10.4 Å². The van der Waals surface area contributed by atoms with E-state index in [1.807, 2.05) is 6.07 Å². The fourth-order valence-electron chi connectivity index (χ4n) is 2.80. The number of carbonyl (C=O) groups is 1. The van der Waals surface area contributed by atoms with Crippen molar-refractivity contribution >= 4 is 57.5 Å². The van der Waals surface area contributed by atoms with Gasteiger partial charge in [0.2, 0.25) is 5.91 Å². The van der Waals surface area contributed by atoms with Gasteiger partial charge in [0.25, 0.3) is 0 Å². The van der Waals surface area contributed by atoms with Crippen molar-refractivity contribution in [2.75, 3.05) is 11.1 Å². The van der Waals surface area contributed by atoms with Gasteiger partial charge < -0.3 is 5.32 Å². The number of thioether (sulfide) groups is 1. The molecule has 134 valence electrons. The average Bonchev–Trinajstić information content (AvgIpc) is 2.56. The van der Waals surface area contributed by atoms with E-state index in [2.05, 4.69) is 38.2 Å². The van der Waals surface area contributed by atoms with E-state index in [1.165, 1.54) is 17.3 Å². The number of anilines is 1. The van der Waals surface area contributed by atoms with E-state index in [0.29, 0.717) is 15.7 Å². The van der Waals surface area contributed by atoms with Gasteiger partial charge in [-0.05, 0) is 62.2 Å². The number of hydrogen-bond donors (Lipinski definition) is 1. The second kappa shape index (κ2) is 7.87. The van der Waals surface area contributed by atoms with Crippen molar-refractivity contribution in [1.29, 1.82) is 0 Å². The number of nitrogens with zero attached hydrogens (tertiary/aromatic N) is 1. The molecule has 0 saturated carbocycles. The molecule has 3 rings (SSSR count). The van der Waals surface area contributed by atoms with Crippen LogP contribution in [0.4, 0.5) is 5.69 Å². The summed E-state index contributed by atoms with van der Waals surface area (Å²) in [5.74, 6) is 0.112. The molecule has 0 fully saturated rings. The van der Waals surface area contributed by atoms with Crippen molar-refractivity contribution in [3.63, 3.8) is 0 Å². The first-order valence-electron chi connectivity index (χ1n) is 8.10. The van der Waals surface area contributed by atoms with Crippen molar-refractivity contribution in [2.24, 2.45) is 0 Å². The van der Waals surface area contributed by atoms with Crippen LogP contribution in [0.2, 0.25) is 10.0 Å². The van der Waals surface area contributed by atoms with Crippen molar-refractivity contribution in [2.45, 2.75) is 25.8 Å². The third kappa shape index (κ3) is 4.32. The van der Waals surface area contributed by atoms with Crippen LogP contribution in [0.5, 0.6) is 0 Å². The van der Waals surface area contributed by atoms with Crippen LogP contribution in [-0.2, 0) is 4.79 Å². The van der Waals surface area contributed by atoms with Gasteiger partial charge in [0.15, 0.2) is 0 Å². The van der Waals surface area contributed by atoms with Crippen LogP contribution in [0.3, 0.4) is 0 Å². The standard InChI is InChI=1S/C20H18Cl2N2OS/c1-11-6-13(3)20-15(7-11)12(2)8-19(24-20)26-10-18(25)23-17-5-4-14(21)9-16(17)22/h4-9H,10H2,1-3H3,(H,23,25). The summed E-state index contributed by atoms with van der Waals surface area (Å²) in [7, 11) is 0. The molecule has 1 N–H and O–H groups in total. The zero-order valence-electron chi connectivity index (χ0n) is 14.7. The van der Waals surface area contributed by atoms with Crippen LogP contribution < -0.4 is 5.32 Å². The number of aryl methyl sites for hydroxylation is 3. The highest BCUT2D eigenvalue weighted by Crippen LogP contribution is 2.28. The van der Waals surface area contributed by atoms with E-state index in [-0.39, 0.29) is 11.7 Å². The number of fused-ring (bicyclic) bond motifs is 1. The van der Waals surface area contributed by atoms with Crippen molar-refractivity contribution in [3.8, 4) is 0 Å². The summed E-state index contributed by atoms with van der Waals surface area (Å²) in [6.45, 7) is 6.22. The number of amides is 1. The second-order valence-electron chi connectivity index (χ2n) is 6.22. The lowest BCUT2D eigenvalue weighted by atomic mass is 10.0. The molecule has 0 saturated heterocycles. The molecule has 0 unspecified atom stereocenters. The number of hydrogen-bond acceptors (Lipinski definition) is 3. The third-order valence-corrected chi connectivity index (χ3v) is 5.45. The Morgan fingerprint density at radius 2 is 1.85 bits per heavy atom. The maximum absolute atomic E-state index is 12.2. The number of rotatable bonds is 4. The Labute approximate surface area is 167 Å². The maximum atomic E-state index is 12.2. The van der Waals surface area contributed by atoms with Gasteiger partial charge in [-0.25, -0.2) is 4.98 Å². The molecule has 26 heavy (non-hydrogen) atoms. The third-order valence-electron chi connectivity index (χ3n) is 3.99. The topological polar surface area (TPSA) is 42.0 Å². The van der Waals surface area contributed by atoms with E-state index >= 15 is 0 Å². The summed E-state index contributed by atoms with van der Waals surface area (Å²) in [5.41, 5.74) is 5.06. The van der Waals surface area contributed by atoms with Crippen LogP contribution in [0.15, 0.2) is 41.4 Å². The summed E-state index contributed by atoms with van der Waals surface area (Å²) in [6.07, 6.45) is 0. The highest BCUT2D eigenvalue weighted by atomic mass is 35.5. The lowest BCUT2D eigenvalue weighted by Gasteiger charge is -2.10. The SMILES string of the molecule is Cc1cc(C)c2nc(SCC(=O)Nc3ccc(Cl)cc3Cl)cc(C)c2c1. The van der Waals surface area contributed by atoms with Gasteiger partial charge in [0.05, 0.1) is 27.0 Å². The number of halogens is 2. The summed E-state index contributed by atoms with van der Waals surface area (Å²) in [6, 6.07) is 11.3. The fourth-order valence-corrected chi connectivity index (χ4v) is 4.03. The fraction of sp³-hybridized carbons (Fsp3) is 0.200. The lowest BCUT2D eigenvalue weighted by molar-refractivity contribution is -0.113. The lowest BCUT2D eigenvalue weighted by Crippen LogP contribution is -2.14. The second-order valence-corrected chi connectivity index (χ2v) is 8.06. The Hall–Kier alpha value is -1.75. The van der Waals surface area contributed by atoms with Crippen molar-refractivity contribution < 1.29 is 4.79 Å². The molecule has 0 atom stereocenters. The Bertz CT molecular complexity index is 1000.